The molecule has 1 aliphatic rings. The molecule has 0 atom stereocenters. The fraction of sp³-hybridized carbons (Fsp3) is 0.333. The molecule has 0 spiro atoms. The van der Waals surface area contributed by atoms with E-state index >= 15 is 0 Å². The minimum Gasteiger partial charge on any atom is -0.309 e. The number of aryl methyl sites for hydroxylation is 2. The summed E-state index contributed by atoms with van der Waals surface area (Å²) in [7, 11) is 4.27. The summed E-state index contributed by atoms with van der Waals surface area (Å²) in [6.45, 7) is 1.10. The van der Waals surface area contributed by atoms with Gasteiger partial charge in [-0.05, 0) is 67.1 Å². The summed E-state index contributed by atoms with van der Waals surface area (Å²) in [4.78, 5) is 3.78. The van der Waals surface area contributed by atoms with Crippen LogP contribution >= 0.6 is 11.3 Å². The van der Waals surface area contributed by atoms with Gasteiger partial charge >= 0.3 is 0 Å². The van der Waals surface area contributed by atoms with Gasteiger partial charge in [0, 0.05) is 11.4 Å². The van der Waals surface area contributed by atoms with Crippen LogP contribution < -0.4 is 0 Å². The first-order valence-electron chi connectivity index (χ1n) is 7.25. The summed E-state index contributed by atoms with van der Waals surface area (Å²) < 4.78 is 0. The molecule has 1 aromatic heterocycles. The van der Waals surface area contributed by atoms with Gasteiger partial charge in [-0.2, -0.15) is 0 Å². The van der Waals surface area contributed by atoms with Crippen LogP contribution in [-0.4, -0.2) is 25.5 Å². The molecule has 0 fully saturated rings. The molecule has 0 radical (unpaired) electrons. The first-order chi connectivity index (χ1) is 9.75. The van der Waals surface area contributed by atoms with Gasteiger partial charge in [-0.15, -0.1) is 11.3 Å². The van der Waals surface area contributed by atoms with Gasteiger partial charge in [-0.3, -0.25) is 0 Å². The molecule has 0 saturated carbocycles. The molecule has 0 aliphatic heterocycles. The predicted molar refractivity (Wildman–Crippen MR) is 88.4 cm³/mol. The molecule has 0 amide bonds. The molecule has 1 aromatic carbocycles. The maximum absolute atomic E-state index is 2.43. The number of benzene rings is 1. The second kappa shape index (κ2) is 5.94. The van der Waals surface area contributed by atoms with Crippen molar-refractivity contribution in [3.63, 3.8) is 0 Å². The second-order valence-electron chi connectivity index (χ2n) is 5.62. The Morgan fingerprint density at radius 2 is 1.95 bits per heavy atom. The lowest BCUT2D eigenvalue weighted by atomic mass is 9.95. The monoisotopic (exact) mass is 283 g/mol. The van der Waals surface area contributed by atoms with Crippen LogP contribution in [0, 0.1) is 0 Å². The van der Waals surface area contributed by atoms with Gasteiger partial charge in [-0.25, -0.2) is 0 Å². The van der Waals surface area contributed by atoms with E-state index in [4.69, 9.17) is 0 Å². The molecular formula is C18H21NS. The molecule has 0 saturated heterocycles. The van der Waals surface area contributed by atoms with E-state index in [1.165, 1.54) is 33.6 Å². The molecular weight excluding hydrogens is 262 g/mol. The second-order valence-corrected chi connectivity index (χ2v) is 6.63. The zero-order valence-corrected chi connectivity index (χ0v) is 13.0. The van der Waals surface area contributed by atoms with Gasteiger partial charge in [0.1, 0.15) is 0 Å². The van der Waals surface area contributed by atoms with Crippen molar-refractivity contribution in [3.05, 3.63) is 63.4 Å². The summed E-state index contributed by atoms with van der Waals surface area (Å²) in [5.41, 5.74) is 5.82. The van der Waals surface area contributed by atoms with Crippen LogP contribution in [0.25, 0.3) is 5.57 Å². The van der Waals surface area contributed by atoms with Crippen molar-refractivity contribution in [3.8, 4) is 0 Å². The van der Waals surface area contributed by atoms with E-state index in [9.17, 15) is 0 Å². The zero-order chi connectivity index (χ0) is 13.9. The SMILES string of the molecule is CN(C)CCC=C1c2ccccc2CCc2sccc21. The van der Waals surface area contributed by atoms with Crippen LogP contribution in [-0.2, 0) is 12.8 Å². The lowest BCUT2D eigenvalue weighted by Crippen LogP contribution is -2.12. The van der Waals surface area contributed by atoms with Gasteiger partial charge in [-0.1, -0.05) is 30.3 Å². The zero-order valence-electron chi connectivity index (χ0n) is 12.2. The standard InChI is InChI=1S/C18H21NS/c1-19(2)12-5-8-16-15-7-4-3-6-14(15)9-10-18-17(16)11-13-20-18/h3-4,6-8,11,13H,5,9-10,12H2,1-2H3. The Hall–Kier alpha value is -1.38. The van der Waals surface area contributed by atoms with Crippen LogP contribution in [0.1, 0.15) is 28.0 Å². The summed E-state index contributed by atoms with van der Waals surface area (Å²) >= 11 is 1.90. The van der Waals surface area contributed by atoms with E-state index in [-0.39, 0.29) is 0 Å². The van der Waals surface area contributed by atoms with E-state index in [1.54, 1.807) is 0 Å². The molecule has 20 heavy (non-hydrogen) atoms. The van der Waals surface area contributed by atoms with E-state index in [1.807, 2.05) is 11.3 Å². The number of thiophene rings is 1. The number of nitrogens with zero attached hydrogens (tertiary/aromatic N) is 1. The highest BCUT2D eigenvalue weighted by molar-refractivity contribution is 7.10. The molecule has 1 heterocycles. The summed E-state index contributed by atoms with van der Waals surface area (Å²) in [6, 6.07) is 11.2. The molecule has 2 heteroatoms. The Kier molecular flexibility index (Phi) is 4.04. The van der Waals surface area contributed by atoms with Gasteiger partial charge in [0.2, 0.25) is 0 Å². The lowest BCUT2D eigenvalue weighted by Gasteiger charge is -2.11. The summed E-state index contributed by atoms with van der Waals surface area (Å²) in [5, 5.41) is 2.23. The summed E-state index contributed by atoms with van der Waals surface area (Å²) in [5.74, 6) is 0. The molecule has 2 aromatic rings. The van der Waals surface area contributed by atoms with Crippen LogP contribution in [0.5, 0.6) is 0 Å². The third kappa shape index (κ3) is 2.72. The highest BCUT2D eigenvalue weighted by atomic mass is 32.1. The normalized spacial score (nSPS) is 16.1. The third-order valence-electron chi connectivity index (χ3n) is 3.89. The number of fused-ring (bicyclic) bond motifs is 2. The molecule has 1 nitrogen and oxygen atoms in total. The van der Waals surface area contributed by atoms with E-state index in [0.717, 1.165) is 19.4 Å². The van der Waals surface area contributed by atoms with Gasteiger partial charge in [0.25, 0.3) is 0 Å². The van der Waals surface area contributed by atoms with E-state index < -0.39 is 0 Å². The maximum atomic E-state index is 2.43. The van der Waals surface area contributed by atoms with Crippen LogP contribution in [0.4, 0.5) is 0 Å². The third-order valence-corrected chi connectivity index (χ3v) is 4.87. The Balaban J connectivity index is 2.03. The summed E-state index contributed by atoms with van der Waals surface area (Å²) in [6.07, 6.45) is 5.87. The average Bonchev–Trinajstić information content (AvgIpc) is 2.84. The minimum atomic E-state index is 1.10. The molecule has 0 bridgehead atoms. The minimum absolute atomic E-state index is 1.10. The molecule has 104 valence electrons. The largest absolute Gasteiger partial charge is 0.309 e. The number of rotatable bonds is 3. The lowest BCUT2D eigenvalue weighted by molar-refractivity contribution is 0.417. The first-order valence-corrected chi connectivity index (χ1v) is 8.13. The maximum Gasteiger partial charge on any atom is 0.0127 e. The van der Waals surface area contributed by atoms with Crippen LogP contribution in [0.15, 0.2) is 41.8 Å². The van der Waals surface area contributed by atoms with E-state index in [0.29, 0.717) is 0 Å². The first kappa shape index (κ1) is 13.6. The van der Waals surface area contributed by atoms with Crippen molar-refractivity contribution in [2.45, 2.75) is 19.3 Å². The predicted octanol–water partition coefficient (Wildman–Crippen LogP) is 4.23. The van der Waals surface area contributed by atoms with Gasteiger partial charge in [0.05, 0.1) is 0 Å². The van der Waals surface area contributed by atoms with Gasteiger partial charge < -0.3 is 4.90 Å². The Labute approximate surface area is 125 Å². The van der Waals surface area contributed by atoms with Gasteiger partial charge in [0.15, 0.2) is 0 Å². The Morgan fingerprint density at radius 1 is 1.10 bits per heavy atom. The molecule has 1 aliphatic carbocycles. The van der Waals surface area contributed by atoms with Crippen LogP contribution in [0.2, 0.25) is 0 Å². The topological polar surface area (TPSA) is 3.24 Å². The van der Waals surface area contributed by atoms with Crippen LogP contribution in [0.3, 0.4) is 0 Å². The molecule has 3 rings (SSSR count). The van der Waals surface area contributed by atoms with Crippen molar-refractivity contribution in [2.75, 3.05) is 20.6 Å². The molecule has 0 unspecified atom stereocenters. The fourth-order valence-electron chi connectivity index (χ4n) is 2.86. The smallest absolute Gasteiger partial charge is 0.0127 e. The van der Waals surface area contributed by atoms with Crippen molar-refractivity contribution >= 4 is 16.9 Å². The van der Waals surface area contributed by atoms with E-state index in [2.05, 4.69) is 60.8 Å². The highest BCUT2D eigenvalue weighted by Gasteiger charge is 2.18. The number of hydrogen-bond acceptors (Lipinski definition) is 2. The fourth-order valence-corrected chi connectivity index (χ4v) is 3.75. The number of hydrogen-bond donors (Lipinski definition) is 0. The van der Waals surface area contributed by atoms with Crippen molar-refractivity contribution in [1.82, 2.24) is 4.90 Å². The van der Waals surface area contributed by atoms with Crippen molar-refractivity contribution in [2.24, 2.45) is 0 Å². The molecule has 0 N–H and O–H groups in total. The van der Waals surface area contributed by atoms with Crippen molar-refractivity contribution in [1.29, 1.82) is 0 Å². The quantitative estimate of drug-likeness (QED) is 0.815. The Bertz CT molecular complexity index is 622. The Morgan fingerprint density at radius 3 is 2.80 bits per heavy atom. The average molecular weight is 283 g/mol. The van der Waals surface area contributed by atoms with Crippen molar-refractivity contribution < 1.29 is 0 Å². The highest BCUT2D eigenvalue weighted by Crippen LogP contribution is 2.36.